The molecule has 0 aromatic heterocycles. The lowest BCUT2D eigenvalue weighted by Crippen LogP contribution is -2.31. The number of carbonyl (C=O) groups is 2. The van der Waals surface area contributed by atoms with Gasteiger partial charge < -0.3 is 10.0 Å². The maximum absolute atomic E-state index is 13.0. The summed E-state index contributed by atoms with van der Waals surface area (Å²) in [5, 5.41) is 10.4. The van der Waals surface area contributed by atoms with Crippen LogP contribution in [0, 0.1) is 13.8 Å². The van der Waals surface area contributed by atoms with Gasteiger partial charge in [0.05, 0.1) is 11.3 Å². The van der Waals surface area contributed by atoms with Crippen molar-refractivity contribution in [1.29, 1.82) is 0 Å². The molecule has 5 heteroatoms. The van der Waals surface area contributed by atoms with E-state index in [4.69, 9.17) is 0 Å². The second-order valence-electron chi connectivity index (χ2n) is 6.68. The maximum Gasteiger partial charge on any atom is 0.301 e. The zero-order valence-corrected chi connectivity index (χ0v) is 16.1. The number of nitrogens with zero attached hydrogens (tertiary/aromatic N) is 2. The number of aliphatic hydroxyl groups is 1. The number of benzene rings is 2. The van der Waals surface area contributed by atoms with E-state index in [0.29, 0.717) is 11.3 Å². The molecule has 0 bridgehead atoms. The highest BCUT2D eigenvalue weighted by Gasteiger charge is 2.40. The van der Waals surface area contributed by atoms with Crippen molar-refractivity contribution in [3.05, 3.63) is 64.9 Å². The molecule has 2 aromatic rings. The van der Waals surface area contributed by atoms with E-state index in [1.807, 2.05) is 38.1 Å². The second kappa shape index (κ2) is 7.27. The van der Waals surface area contributed by atoms with Gasteiger partial charge in [0.1, 0.15) is 0 Å². The van der Waals surface area contributed by atoms with Gasteiger partial charge in [-0.25, -0.2) is 4.90 Å². The summed E-state index contributed by atoms with van der Waals surface area (Å²) in [6, 6.07) is 12.8. The molecule has 0 saturated carbocycles. The molecule has 2 amide bonds. The lowest BCUT2D eigenvalue weighted by molar-refractivity contribution is -0.121. The van der Waals surface area contributed by atoms with E-state index in [-0.39, 0.29) is 5.57 Å². The van der Waals surface area contributed by atoms with Gasteiger partial charge in [-0.3, -0.25) is 9.59 Å². The summed E-state index contributed by atoms with van der Waals surface area (Å²) in [7, 11) is 0. The lowest BCUT2D eigenvalue weighted by atomic mass is 9.98. The van der Waals surface area contributed by atoms with Crippen LogP contribution in [-0.2, 0) is 9.59 Å². The fraction of sp³-hybridized carbons (Fsp3) is 0.273. The molecule has 1 aliphatic heterocycles. The van der Waals surface area contributed by atoms with Crippen LogP contribution in [0.4, 0.5) is 11.4 Å². The zero-order chi connectivity index (χ0) is 19.7. The molecule has 2 aromatic carbocycles. The Kier molecular flexibility index (Phi) is 5.04. The first-order valence-corrected chi connectivity index (χ1v) is 9.13. The van der Waals surface area contributed by atoms with Gasteiger partial charge >= 0.3 is 5.91 Å². The monoisotopic (exact) mass is 364 g/mol. The third kappa shape index (κ3) is 3.21. The van der Waals surface area contributed by atoms with Crippen LogP contribution in [-0.4, -0.2) is 30.0 Å². The minimum Gasteiger partial charge on any atom is -0.502 e. The summed E-state index contributed by atoms with van der Waals surface area (Å²) in [6.45, 7) is 9.71. The zero-order valence-electron chi connectivity index (χ0n) is 16.1. The molecular formula is C22H24N2O3. The third-order valence-electron chi connectivity index (χ3n) is 4.95. The van der Waals surface area contributed by atoms with Crippen LogP contribution in [0.25, 0.3) is 5.57 Å². The first-order chi connectivity index (χ1) is 12.9. The van der Waals surface area contributed by atoms with Crippen molar-refractivity contribution in [2.75, 3.05) is 22.9 Å². The predicted molar refractivity (Wildman–Crippen MR) is 108 cm³/mol. The summed E-state index contributed by atoms with van der Waals surface area (Å²) < 4.78 is 0. The van der Waals surface area contributed by atoms with Crippen molar-refractivity contribution in [2.24, 2.45) is 0 Å². The maximum atomic E-state index is 13.0. The highest BCUT2D eigenvalue weighted by molar-refractivity contribution is 6.45. The minimum atomic E-state index is -0.689. The normalized spacial score (nSPS) is 14.3. The van der Waals surface area contributed by atoms with Crippen molar-refractivity contribution >= 4 is 28.8 Å². The van der Waals surface area contributed by atoms with Crippen LogP contribution in [0.15, 0.2) is 48.2 Å². The molecule has 0 aliphatic carbocycles. The molecule has 140 valence electrons. The molecule has 0 spiro atoms. The molecule has 1 heterocycles. The quantitative estimate of drug-likeness (QED) is 0.815. The molecule has 1 N–H and O–H groups in total. The Morgan fingerprint density at radius 2 is 1.56 bits per heavy atom. The molecule has 0 saturated heterocycles. The predicted octanol–water partition coefficient (Wildman–Crippen LogP) is 3.99. The van der Waals surface area contributed by atoms with Crippen LogP contribution in [0.5, 0.6) is 0 Å². The summed E-state index contributed by atoms with van der Waals surface area (Å²) in [5.41, 5.74) is 4.01. The van der Waals surface area contributed by atoms with Gasteiger partial charge in [-0.05, 0) is 63.1 Å². The molecule has 0 radical (unpaired) electrons. The van der Waals surface area contributed by atoms with E-state index < -0.39 is 17.6 Å². The van der Waals surface area contributed by atoms with Gasteiger partial charge in [0.15, 0.2) is 5.76 Å². The number of hydrogen-bond donors (Lipinski definition) is 1. The van der Waals surface area contributed by atoms with Crippen LogP contribution in [0.3, 0.4) is 0 Å². The summed E-state index contributed by atoms with van der Waals surface area (Å²) in [5.74, 6) is -1.69. The number of hydrogen-bond acceptors (Lipinski definition) is 4. The number of anilines is 2. The Bertz CT molecular complexity index is 925. The largest absolute Gasteiger partial charge is 0.502 e. The van der Waals surface area contributed by atoms with Crippen molar-refractivity contribution in [3.63, 3.8) is 0 Å². The van der Waals surface area contributed by atoms with Crippen LogP contribution in [0.1, 0.15) is 30.5 Å². The molecule has 0 atom stereocenters. The number of amides is 2. The van der Waals surface area contributed by atoms with Gasteiger partial charge in [-0.15, -0.1) is 0 Å². The van der Waals surface area contributed by atoms with Gasteiger partial charge in [0.25, 0.3) is 5.91 Å². The number of aryl methyl sites for hydroxylation is 2. The Morgan fingerprint density at radius 3 is 2.11 bits per heavy atom. The molecule has 0 fully saturated rings. The van der Waals surface area contributed by atoms with Crippen molar-refractivity contribution in [2.45, 2.75) is 27.7 Å². The number of carbonyl (C=O) groups excluding carboxylic acids is 2. The van der Waals surface area contributed by atoms with Gasteiger partial charge in [0.2, 0.25) is 0 Å². The fourth-order valence-electron chi connectivity index (χ4n) is 3.49. The smallest absolute Gasteiger partial charge is 0.301 e. The number of imide groups is 1. The molecule has 27 heavy (non-hydrogen) atoms. The topological polar surface area (TPSA) is 60.9 Å². The molecule has 0 unspecified atom stereocenters. The first kappa shape index (κ1) is 18.7. The SMILES string of the molecule is CCN(CC)c1ccc(N2C(=O)C(O)=C(c3ccc(C)cc3C)C2=O)cc1. The summed E-state index contributed by atoms with van der Waals surface area (Å²) >= 11 is 0. The average molecular weight is 364 g/mol. The molecule has 3 rings (SSSR count). The Morgan fingerprint density at radius 1 is 0.926 bits per heavy atom. The van der Waals surface area contributed by atoms with Crippen molar-refractivity contribution in [1.82, 2.24) is 0 Å². The standard InChI is InChI=1S/C22H24N2O3/c1-5-23(6-2)16-8-10-17(11-9-16)24-21(26)19(20(25)22(24)27)18-12-7-14(3)13-15(18)4/h7-13,25H,5-6H2,1-4H3. The average Bonchev–Trinajstić information content (AvgIpc) is 2.87. The van der Waals surface area contributed by atoms with Crippen LogP contribution >= 0.6 is 0 Å². The van der Waals surface area contributed by atoms with E-state index in [1.165, 1.54) is 0 Å². The van der Waals surface area contributed by atoms with E-state index in [9.17, 15) is 14.7 Å². The van der Waals surface area contributed by atoms with E-state index in [0.717, 1.165) is 34.8 Å². The van der Waals surface area contributed by atoms with Crippen LogP contribution < -0.4 is 9.80 Å². The Labute approximate surface area is 159 Å². The lowest BCUT2D eigenvalue weighted by Gasteiger charge is -2.22. The van der Waals surface area contributed by atoms with Gasteiger partial charge in [-0.2, -0.15) is 0 Å². The fourth-order valence-corrected chi connectivity index (χ4v) is 3.49. The van der Waals surface area contributed by atoms with E-state index in [2.05, 4.69) is 18.7 Å². The van der Waals surface area contributed by atoms with E-state index in [1.54, 1.807) is 18.2 Å². The Hall–Kier alpha value is -3.08. The molecule has 5 nitrogen and oxygen atoms in total. The minimum absolute atomic E-state index is 0.0605. The van der Waals surface area contributed by atoms with E-state index >= 15 is 0 Å². The highest BCUT2D eigenvalue weighted by atomic mass is 16.3. The molecule has 1 aliphatic rings. The summed E-state index contributed by atoms with van der Waals surface area (Å²) in [4.78, 5) is 28.8. The van der Waals surface area contributed by atoms with Gasteiger partial charge in [-0.1, -0.05) is 23.8 Å². The number of aliphatic hydroxyl groups excluding tert-OH is 1. The first-order valence-electron chi connectivity index (χ1n) is 9.13. The Balaban J connectivity index is 1.96. The molecular weight excluding hydrogens is 340 g/mol. The summed E-state index contributed by atoms with van der Waals surface area (Å²) in [6.07, 6.45) is 0. The van der Waals surface area contributed by atoms with Crippen LogP contribution in [0.2, 0.25) is 0 Å². The van der Waals surface area contributed by atoms with Crippen molar-refractivity contribution in [3.8, 4) is 0 Å². The second-order valence-corrected chi connectivity index (χ2v) is 6.68. The third-order valence-corrected chi connectivity index (χ3v) is 4.95. The van der Waals surface area contributed by atoms with Crippen molar-refractivity contribution < 1.29 is 14.7 Å². The number of rotatable bonds is 5. The van der Waals surface area contributed by atoms with Gasteiger partial charge in [0, 0.05) is 18.8 Å². The highest BCUT2D eigenvalue weighted by Crippen LogP contribution is 2.34.